The summed E-state index contributed by atoms with van der Waals surface area (Å²) in [5.74, 6) is 0. The summed E-state index contributed by atoms with van der Waals surface area (Å²) in [6, 6.07) is 7.68. The van der Waals surface area contributed by atoms with Crippen molar-refractivity contribution in [3.8, 4) is 0 Å². The first-order chi connectivity index (χ1) is 5.74. The molecule has 0 heterocycles. The highest BCUT2D eigenvalue weighted by Crippen LogP contribution is 2.27. The number of nitrogen functional groups attached to an aromatic ring is 1. The highest BCUT2D eigenvalue weighted by molar-refractivity contribution is 8.00. The van der Waals surface area contributed by atoms with Gasteiger partial charge in [-0.15, -0.1) is 11.8 Å². The van der Waals surface area contributed by atoms with E-state index in [1.54, 1.807) is 11.8 Å². The van der Waals surface area contributed by atoms with Crippen LogP contribution in [0.1, 0.15) is 6.92 Å². The van der Waals surface area contributed by atoms with Crippen molar-refractivity contribution in [2.45, 2.75) is 17.1 Å². The molecule has 12 heavy (non-hydrogen) atoms. The van der Waals surface area contributed by atoms with Crippen molar-refractivity contribution in [3.05, 3.63) is 24.3 Å². The van der Waals surface area contributed by atoms with Gasteiger partial charge in [0.25, 0.3) is 0 Å². The van der Waals surface area contributed by atoms with Gasteiger partial charge in [-0.3, -0.25) is 0 Å². The number of rotatable bonds is 3. The number of hydrogen-bond donors (Lipinski definition) is 2. The maximum atomic E-state index is 8.83. The van der Waals surface area contributed by atoms with Crippen LogP contribution in [-0.2, 0) is 0 Å². The molecule has 0 amide bonds. The van der Waals surface area contributed by atoms with Crippen LogP contribution in [0, 0.1) is 0 Å². The molecule has 0 saturated carbocycles. The number of aliphatic hydroxyl groups is 1. The lowest BCUT2D eigenvalue weighted by Crippen LogP contribution is -2.02. The monoisotopic (exact) mass is 183 g/mol. The van der Waals surface area contributed by atoms with E-state index in [1.165, 1.54) is 0 Å². The van der Waals surface area contributed by atoms with Crippen LogP contribution in [0.15, 0.2) is 29.2 Å². The van der Waals surface area contributed by atoms with Crippen LogP contribution in [0.4, 0.5) is 5.69 Å². The quantitative estimate of drug-likeness (QED) is 0.554. The third-order valence-corrected chi connectivity index (χ3v) is 2.68. The highest BCUT2D eigenvalue weighted by Gasteiger charge is 2.04. The van der Waals surface area contributed by atoms with E-state index in [0.29, 0.717) is 0 Å². The largest absolute Gasteiger partial charge is 0.398 e. The van der Waals surface area contributed by atoms with Crippen molar-refractivity contribution in [2.75, 3.05) is 12.3 Å². The molecule has 0 fully saturated rings. The highest BCUT2D eigenvalue weighted by atomic mass is 32.2. The summed E-state index contributed by atoms with van der Waals surface area (Å²) in [6.07, 6.45) is 0. The summed E-state index contributed by atoms with van der Waals surface area (Å²) in [5, 5.41) is 9.03. The minimum absolute atomic E-state index is 0.180. The number of anilines is 1. The molecular weight excluding hydrogens is 170 g/mol. The molecule has 0 radical (unpaired) electrons. The smallest absolute Gasteiger partial charge is 0.0550 e. The molecule has 0 bridgehead atoms. The van der Waals surface area contributed by atoms with Gasteiger partial charge in [0.05, 0.1) is 6.61 Å². The number of nitrogens with two attached hydrogens (primary N) is 1. The second-order valence-electron chi connectivity index (χ2n) is 2.65. The number of aliphatic hydroxyl groups excluding tert-OH is 1. The van der Waals surface area contributed by atoms with Gasteiger partial charge in [-0.1, -0.05) is 19.1 Å². The molecule has 66 valence electrons. The fourth-order valence-electron chi connectivity index (χ4n) is 0.842. The van der Waals surface area contributed by atoms with Gasteiger partial charge in [-0.25, -0.2) is 0 Å². The second kappa shape index (κ2) is 4.38. The maximum Gasteiger partial charge on any atom is 0.0550 e. The van der Waals surface area contributed by atoms with E-state index in [2.05, 4.69) is 0 Å². The van der Waals surface area contributed by atoms with Crippen LogP contribution in [0.25, 0.3) is 0 Å². The van der Waals surface area contributed by atoms with Crippen LogP contribution in [0.2, 0.25) is 0 Å². The van der Waals surface area contributed by atoms with Gasteiger partial charge in [0.2, 0.25) is 0 Å². The first-order valence-corrected chi connectivity index (χ1v) is 4.74. The minimum atomic E-state index is 0.180. The zero-order valence-corrected chi connectivity index (χ0v) is 7.84. The van der Waals surface area contributed by atoms with E-state index >= 15 is 0 Å². The van der Waals surface area contributed by atoms with Gasteiger partial charge in [0.15, 0.2) is 0 Å². The number of benzene rings is 1. The summed E-state index contributed by atoms with van der Waals surface area (Å²) in [6.45, 7) is 2.15. The first-order valence-electron chi connectivity index (χ1n) is 3.86. The average Bonchev–Trinajstić information content (AvgIpc) is 2.09. The summed E-state index contributed by atoms with van der Waals surface area (Å²) in [7, 11) is 0. The van der Waals surface area contributed by atoms with E-state index in [4.69, 9.17) is 10.8 Å². The van der Waals surface area contributed by atoms with Gasteiger partial charge in [0.1, 0.15) is 0 Å². The Morgan fingerprint density at radius 1 is 1.50 bits per heavy atom. The van der Waals surface area contributed by atoms with Gasteiger partial charge in [0, 0.05) is 15.8 Å². The number of para-hydroxylation sites is 1. The van der Waals surface area contributed by atoms with Crippen LogP contribution < -0.4 is 5.73 Å². The van der Waals surface area contributed by atoms with Gasteiger partial charge < -0.3 is 10.8 Å². The fourth-order valence-corrected chi connectivity index (χ4v) is 1.71. The Hall–Kier alpha value is -0.670. The first kappa shape index (κ1) is 9.42. The lowest BCUT2D eigenvalue weighted by Gasteiger charge is -2.08. The molecular formula is C9H13NOS. The van der Waals surface area contributed by atoms with Gasteiger partial charge >= 0.3 is 0 Å². The van der Waals surface area contributed by atoms with Crippen LogP contribution >= 0.6 is 11.8 Å². The van der Waals surface area contributed by atoms with Crippen LogP contribution in [-0.4, -0.2) is 17.0 Å². The molecule has 0 aliphatic carbocycles. The standard InChI is InChI=1S/C9H13NOS/c1-7(6-11)12-9-5-3-2-4-8(9)10/h2-5,7,11H,6,10H2,1H3. The van der Waals surface area contributed by atoms with Crippen molar-refractivity contribution < 1.29 is 5.11 Å². The van der Waals surface area contributed by atoms with E-state index in [9.17, 15) is 0 Å². The van der Waals surface area contributed by atoms with E-state index in [-0.39, 0.29) is 11.9 Å². The van der Waals surface area contributed by atoms with Crippen molar-refractivity contribution in [1.29, 1.82) is 0 Å². The Kier molecular flexibility index (Phi) is 3.44. The molecule has 3 N–H and O–H groups in total. The van der Waals surface area contributed by atoms with Crippen molar-refractivity contribution in [2.24, 2.45) is 0 Å². The fraction of sp³-hybridized carbons (Fsp3) is 0.333. The molecule has 1 atom stereocenters. The molecule has 0 aliphatic heterocycles. The zero-order valence-electron chi connectivity index (χ0n) is 7.03. The molecule has 0 aromatic heterocycles. The van der Waals surface area contributed by atoms with Crippen molar-refractivity contribution in [3.63, 3.8) is 0 Å². The summed E-state index contributed by atoms with van der Waals surface area (Å²) < 4.78 is 0. The number of hydrogen-bond acceptors (Lipinski definition) is 3. The molecule has 1 aromatic carbocycles. The van der Waals surface area contributed by atoms with E-state index < -0.39 is 0 Å². The molecule has 0 aliphatic rings. The molecule has 1 rings (SSSR count). The third kappa shape index (κ3) is 2.43. The second-order valence-corrected chi connectivity index (χ2v) is 4.13. The molecule has 2 nitrogen and oxygen atoms in total. The Labute approximate surface area is 76.8 Å². The lowest BCUT2D eigenvalue weighted by atomic mass is 10.3. The van der Waals surface area contributed by atoms with Crippen LogP contribution in [0.3, 0.4) is 0 Å². The van der Waals surface area contributed by atoms with Crippen LogP contribution in [0.5, 0.6) is 0 Å². The van der Waals surface area contributed by atoms with E-state index in [1.807, 2.05) is 31.2 Å². The molecule has 1 unspecified atom stereocenters. The van der Waals surface area contributed by atoms with Gasteiger partial charge in [-0.2, -0.15) is 0 Å². The van der Waals surface area contributed by atoms with Crippen molar-refractivity contribution in [1.82, 2.24) is 0 Å². The summed E-state index contributed by atoms with van der Waals surface area (Å²) >= 11 is 1.60. The van der Waals surface area contributed by atoms with Gasteiger partial charge in [-0.05, 0) is 12.1 Å². The molecule has 0 spiro atoms. The molecule has 3 heteroatoms. The Morgan fingerprint density at radius 3 is 2.75 bits per heavy atom. The predicted octanol–water partition coefficient (Wildman–Crippen LogP) is 1.74. The Bertz CT molecular complexity index is 252. The summed E-state index contributed by atoms with van der Waals surface area (Å²) in [4.78, 5) is 1.04. The average molecular weight is 183 g/mol. The Morgan fingerprint density at radius 2 is 2.17 bits per heavy atom. The maximum absolute atomic E-state index is 8.83. The SMILES string of the molecule is CC(CO)Sc1ccccc1N. The lowest BCUT2D eigenvalue weighted by molar-refractivity contribution is 0.300. The molecule has 1 aromatic rings. The number of thioether (sulfide) groups is 1. The summed E-state index contributed by atoms with van der Waals surface area (Å²) in [5.41, 5.74) is 6.50. The minimum Gasteiger partial charge on any atom is -0.398 e. The van der Waals surface area contributed by atoms with E-state index in [0.717, 1.165) is 10.6 Å². The topological polar surface area (TPSA) is 46.2 Å². The predicted molar refractivity (Wildman–Crippen MR) is 53.3 cm³/mol. The normalized spacial score (nSPS) is 12.8. The third-order valence-electron chi connectivity index (χ3n) is 1.50. The Balaban J connectivity index is 2.69. The van der Waals surface area contributed by atoms with Crippen molar-refractivity contribution >= 4 is 17.4 Å². The molecule has 0 saturated heterocycles. The zero-order chi connectivity index (χ0) is 8.97.